The Morgan fingerprint density at radius 1 is 0.544 bits per heavy atom. The topological polar surface area (TPSA) is 306 Å². The zero-order valence-electron chi connectivity index (χ0n) is 31.3. The van der Waals surface area contributed by atoms with E-state index >= 15 is 0 Å². The molecule has 0 aromatic carbocycles. The van der Waals surface area contributed by atoms with Gasteiger partial charge in [-0.3, -0.25) is 38.4 Å². The van der Waals surface area contributed by atoms with Crippen LogP contribution >= 0.6 is 39.1 Å². The van der Waals surface area contributed by atoms with Gasteiger partial charge in [0.2, 0.25) is 41.4 Å². The number of carbonyl (C=O) groups is 9. The van der Waals surface area contributed by atoms with Gasteiger partial charge in [0.15, 0.2) is 0 Å². The average Bonchev–Trinajstić information content (AvgIpc) is 3.18. The highest BCUT2D eigenvalue weighted by Gasteiger charge is 2.27. The molecule has 7 amide bonds. The van der Waals surface area contributed by atoms with Gasteiger partial charge in [-0.15, -0.1) is 23.2 Å². The highest BCUT2D eigenvalue weighted by atomic mass is 79.9. The van der Waals surface area contributed by atoms with Crippen molar-refractivity contribution in [2.45, 2.75) is 37.8 Å². The predicted molar refractivity (Wildman–Crippen MR) is 205 cm³/mol. The van der Waals surface area contributed by atoms with E-state index in [1.807, 2.05) is 0 Å². The number of carboxylic acids is 2. The van der Waals surface area contributed by atoms with Crippen molar-refractivity contribution < 1.29 is 72.3 Å². The van der Waals surface area contributed by atoms with E-state index in [9.17, 15) is 48.3 Å². The van der Waals surface area contributed by atoms with Crippen molar-refractivity contribution >= 4 is 92.4 Å². The van der Waals surface area contributed by atoms with E-state index in [1.165, 1.54) is 4.90 Å². The van der Waals surface area contributed by atoms with Crippen molar-refractivity contribution in [1.82, 2.24) is 36.8 Å². The maximum Gasteiger partial charge on any atom is 0.326 e. The molecule has 0 saturated carbocycles. The monoisotopic (exact) mass is 923 g/mol. The lowest BCUT2D eigenvalue weighted by atomic mass is 10.1. The molecule has 0 aliphatic rings. The molecule has 0 aromatic heterocycles. The molecule has 0 radical (unpaired) electrons. The summed E-state index contributed by atoms with van der Waals surface area (Å²) in [5, 5.41) is 33.6. The third kappa shape index (κ3) is 30.0. The van der Waals surface area contributed by atoms with Crippen LogP contribution in [0, 0.1) is 0 Å². The highest BCUT2D eigenvalue weighted by Crippen LogP contribution is 2.05. The second-order valence-corrected chi connectivity index (χ2v) is 12.6. The van der Waals surface area contributed by atoms with E-state index in [-0.39, 0.29) is 115 Å². The number of hydrogen-bond donors (Lipinski definition) is 8. The fourth-order valence-electron chi connectivity index (χ4n) is 4.27. The van der Waals surface area contributed by atoms with Crippen LogP contribution < -0.4 is 31.9 Å². The van der Waals surface area contributed by atoms with Crippen molar-refractivity contribution in [2.24, 2.45) is 0 Å². The Labute approximate surface area is 347 Å². The smallest absolute Gasteiger partial charge is 0.326 e. The normalized spacial score (nSPS) is 11.7. The summed E-state index contributed by atoms with van der Waals surface area (Å²) in [4.78, 5) is 108. The van der Waals surface area contributed by atoms with Crippen molar-refractivity contribution in [2.75, 3.05) is 109 Å². The van der Waals surface area contributed by atoms with E-state index < -0.39 is 79.1 Å². The molecule has 0 bridgehead atoms. The quantitative estimate of drug-likeness (QED) is 0.0231. The van der Waals surface area contributed by atoms with Gasteiger partial charge >= 0.3 is 11.9 Å². The van der Waals surface area contributed by atoms with Crippen molar-refractivity contribution in [3.05, 3.63) is 0 Å². The van der Waals surface area contributed by atoms with Crippen molar-refractivity contribution in [1.29, 1.82) is 0 Å². The zero-order valence-corrected chi connectivity index (χ0v) is 34.4. The van der Waals surface area contributed by atoms with Gasteiger partial charge in [0.25, 0.3) is 0 Å². The molecule has 0 spiro atoms. The first-order valence-corrected chi connectivity index (χ1v) is 19.8. The van der Waals surface area contributed by atoms with E-state index in [0.717, 1.165) is 0 Å². The standard InChI is InChI=1S/C32H52BrCl2N7O15/c33-17-25(44)39-8-12-55-14-16-57-21-29(48)41-23(32(52)53)1-3-24(43)38-7-11-54-13-15-56-20-28(47)40-22(2-4-30(49)50)31(51)42(9-5-36-26(45)18-34)10-6-37-27(46)19-35/h22-23H,1-21H2,(H,36,45)(H,37,46)(H,38,43)(H,39,44)(H,40,47)(H,41,48)(H,49,50)(H,52,53)/t22-,23+/m0/s1. The van der Waals surface area contributed by atoms with Gasteiger partial charge in [0.05, 0.1) is 45.0 Å². The van der Waals surface area contributed by atoms with Crippen LogP contribution in [0.1, 0.15) is 25.7 Å². The molecular weight excluding hydrogens is 873 g/mol. The molecule has 8 N–H and O–H groups in total. The lowest BCUT2D eigenvalue weighted by Crippen LogP contribution is -2.52. The SMILES string of the molecule is O=C(O)CC[C@H](NC(=O)COCCOCCNC(=O)CC[C@@H](NC(=O)COCCOCCNC(=O)CBr)C(=O)O)C(=O)N(CCNC(=O)CCl)CCNC(=O)CCl. The second-order valence-electron chi connectivity index (χ2n) is 11.5. The number of carboxylic acid groups (broad SMARTS) is 2. The number of halogens is 3. The van der Waals surface area contributed by atoms with Crippen molar-refractivity contribution in [3.63, 3.8) is 0 Å². The van der Waals surface area contributed by atoms with E-state index in [2.05, 4.69) is 47.8 Å². The van der Waals surface area contributed by atoms with Crippen LogP contribution in [0.15, 0.2) is 0 Å². The van der Waals surface area contributed by atoms with Gasteiger partial charge in [-0.05, 0) is 12.8 Å². The molecule has 0 saturated heterocycles. The van der Waals surface area contributed by atoms with E-state index in [1.54, 1.807) is 0 Å². The predicted octanol–water partition coefficient (Wildman–Crippen LogP) is -3.08. The zero-order chi connectivity index (χ0) is 42.8. The van der Waals surface area contributed by atoms with Gasteiger partial charge in [-0.25, -0.2) is 4.79 Å². The molecule has 0 aliphatic heterocycles. The Kier molecular flexibility index (Phi) is 31.9. The first kappa shape index (κ1) is 53.1. The highest BCUT2D eigenvalue weighted by molar-refractivity contribution is 9.09. The summed E-state index contributed by atoms with van der Waals surface area (Å²) in [6.07, 6.45) is -1.10. The van der Waals surface area contributed by atoms with Crippen LogP contribution in [0.4, 0.5) is 0 Å². The summed E-state index contributed by atoms with van der Waals surface area (Å²) in [7, 11) is 0. The average molecular weight is 926 g/mol. The molecule has 0 aromatic rings. The molecule has 25 heteroatoms. The molecule has 0 fully saturated rings. The molecule has 0 heterocycles. The minimum absolute atomic E-state index is 0.00319. The van der Waals surface area contributed by atoms with E-state index in [4.69, 9.17) is 47.3 Å². The number of aliphatic carboxylic acids is 2. The van der Waals surface area contributed by atoms with Crippen LogP contribution in [0.25, 0.3) is 0 Å². The maximum atomic E-state index is 13.3. The number of alkyl halides is 3. The number of carbonyl (C=O) groups excluding carboxylic acids is 7. The van der Waals surface area contributed by atoms with Gasteiger partial charge in [-0.1, -0.05) is 15.9 Å². The molecule has 326 valence electrons. The fraction of sp³-hybridized carbons (Fsp3) is 0.719. The number of rotatable bonds is 35. The first-order chi connectivity index (χ1) is 27.2. The summed E-state index contributed by atoms with van der Waals surface area (Å²) in [5.41, 5.74) is 0. The summed E-state index contributed by atoms with van der Waals surface area (Å²) in [6.45, 7) is -0.177. The number of nitrogens with zero attached hydrogens (tertiary/aromatic N) is 1. The van der Waals surface area contributed by atoms with Crippen LogP contribution in [-0.2, 0) is 62.1 Å². The van der Waals surface area contributed by atoms with E-state index in [0.29, 0.717) is 6.54 Å². The number of amides is 7. The van der Waals surface area contributed by atoms with Gasteiger partial charge in [0, 0.05) is 52.1 Å². The third-order valence-electron chi connectivity index (χ3n) is 7.00. The summed E-state index contributed by atoms with van der Waals surface area (Å²) < 4.78 is 21.0. The number of nitrogens with one attached hydrogen (secondary N) is 6. The molecule has 57 heavy (non-hydrogen) atoms. The van der Waals surface area contributed by atoms with Crippen molar-refractivity contribution in [3.8, 4) is 0 Å². The molecular formula is C32H52BrCl2N7O15. The first-order valence-electron chi connectivity index (χ1n) is 17.6. The fourth-order valence-corrected chi connectivity index (χ4v) is 4.66. The molecule has 22 nitrogen and oxygen atoms in total. The summed E-state index contributed by atoms with van der Waals surface area (Å²) >= 11 is 14.0. The molecule has 0 rings (SSSR count). The lowest BCUT2D eigenvalue weighted by Gasteiger charge is -2.28. The van der Waals surface area contributed by atoms with Crippen LogP contribution in [0.3, 0.4) is 0 Å². The van der Waals surface area contributed by atoms with Gasteiger partial charge in [-0.2, -0.15) is 0 Å². The summed E-state index contributed by atoms with van der Waals surface area (Å²) in [5.74, 6) is -6.87. The Hall–Kier alpha value is -3.87. The van der Waals surface area contributed by atoms with Gasteiger partial charge < -0.3 is 66.0 Å². The Balaban J connectivity index is 4.52. The molecule has 0 aliphatic carbocycles. The second kappa shape index (κ2) is 34.2. The van der Waals surface area contributed by atoms with Crippen LogP contribution in [-0.4, -0.2) is 190 Å². The number of ether oxygens (including phenoxy) is 4. The Bertz CT molecular complexity index is 1270. The Morgan fingerprint density at radius 2 is 0.982 bits per heavy atom. The minimum Gasteiger partial charge on any atom is -0.481 e. The summed E-state index contributed by atoms with van der Waals surface area (Å²) in [6, 6.07) is -2.60. The van der Waals surface area contributed by atoms with Crippen LogP contribution in [0.5, 0.6) is 0 Å². The minimum atomic E-state index is -1.33. The lowest BCUT2D eigenvalue weighted by molar-refractivity contribution is -0.143. The molecule has 2 atom stereocenters. The van der Waals surface area contributed by atoms with Gasteiger partial charge in [0.1, 0.15) is 37.1 Å². The third-order valence-corrected chi connectivity index (χ3v) is 8.00. The Morgan fingerprint density at radius 3 is 1.44 bits per heavy atom. The molecule has 0 unspecified atom stereocenters. The number of hydrogen-bond acceptors (Lipinski definition) is 13. The largest absolute Gasteiger partial charge is 0.481 e. The van der Waals surface area contributed by atoms with Crippen LogP contribution in [0.2, 0.25) is 0 Å². The maximum absolute atomic E-state index is 13.3.